The van der Waals surface area contributed by atoms with E-state index in [1.807, 2.05) is 18.2 Å². The molecule has 3 rings (SSSR count). The third-order valence-corrected chi connectivity index (χ3v) is 3.93. The number of aromatic nitrogens is 2. The predicted octanol–water partition coefficient (Wildman–Crippen LogP) is 3.24. The molecule has 4 heteroatoms. The van der Waals surface area contributed by atoms with Crippen LogP contribution in [0.5, 0.6) is 0 Å². The van der Waals surface area contributed by atoms with Crippen molar-refractivity contribution in [3.05, 3.63) is 29.6 Å². The van der Waals surface area contributed by atoms with Crippen molar-refractivity contribution >= 4 is 17.0 Å². The lowest BCUT2D eigenvalue weighted by atomic mass is 10.1. The van der Waals surface area contributed by atoms with Crippen molar-refractivity contribution in [3.8, 4) is 0 Å². The minimum Gasteiger partial charge on any atom is -0.481 e. The number of carboxylic acids is 1. The van der Waals surface area contributed by atoms with Gasteiger partial charge in [-0.1, -0.05) is 18.9 Å². The number of hydrogen-bond donors (Lipinski definition) is 2. The van der Waals surface area contributed by atoms with Gasteiger partial charge >= 0.3 is 5.97 Å². The van der Waals surface area contributed by atoms with E-state index in [1.54, 1.807) is 0 Å². The number of aryl methyl sites for hydroxylation is 1. The minimum absolute atomic E-state index is 0.176. The number of nitrogens with one attached hydrogen (secondary N) is 1. The maximum Gasteiger partial charge on any atom is 0.303 e. The van der Waals surface area contributed by atoms with Gasteiger partial charge in [-0.3, -0.25) is 4.79 Å². The highest BCUT2D eigenvalue weighted by molar-refractivity contribution is 5.76. The van der Waals surface area contributed by atoms with Crippen molar-refractivity contribution in [2.45, 2.75) is 44.4 Å². The van der Waals surface area contributed by atoms with Gasteiger partial charge in [0, 0.05) is 12.3 Å². The fourth-order valence-corrected chi connectivity index (χ4v) is 2.88. The number of carbonyl (C=O) groups is 1. The number of hydrogen-bond acceptors (Lipinski definition) is 2. The van der Waals surface area contributed by atoms with Crippen molar-refractivity contribution in [1.29, 1.82) is 0 Å². The minimum atomic E-state index is -0.753. The Balaban J connectivity index is 1.84. The molecule has 0 radical (unpaired) electrons. The molecular formula is C15H18N2O2. The van der Waals surface area contributed by atoms with Crippen molar-refractivity contribution in [1.82, 2.24) is 9.97 Å². The fraction of sp³-hybridized carbons (Fsp3) is 0.467. The summed E-state index contributed by atoms with van der Waals surface area (Å²) in [7, 11) is 0. The van der Waals surface area contributed by atoms with Crippen LogP contribution in [0, 0.1) is 0 Å². The molecule has 0 aliphatic heterocycles. The molecule has 1 aromatic heterocycles. The van der Waals surface area contributed by atoms with Crippen LogP contribution in [0.2, 0.25) is 0 Å². The molecule has 1 aliphatic carbocycles. The molecular weight excluding hydrogens is 240 g/mol. The topological polar surface area (TPSA) is 66.0 Å². The molecule has 1 heterocycles. The molecule has 19 heavy (non-hydrogen) atoms. The summed E-state index contributed by atoms with van der Waals surface area (Å²) >= 11 is 0. The van der Waals surface area contributed by atoms with Crippen LogP contribution in [0.3, 0.4) is 0 Å². The first-order chi connectivity index (χ1) is 9.22. The molecule has 1 fully saturated rings. The highest BCUT2D eigenvalue weighted by Crippen LogP contribution is 2.33. The van der Waals surface area contributed by atoms with E-state index in [4.69, 9.17) is 5.11 Å². The van der Waals surface area contributed by atoms with E-state index >= 15 is 0 Å². The van der Waals surface area contributed by atoms with Crippen molar-refractivity contribution in [2.24, 2.45) is 0 Å². The van der Waals surface area contributed by atoms with Crippen LogP contribution in [0.4, 0.5) is 0 Å². The largest absolute Gasteiger partial charge is 0.481 e. The summed E-state index contributed by atoms with van der Waals surface area (Å²) in [6.45, 7) is 0. The Morgan fingerprint density at radius 1 is 1.37 bits per heavy atom. The van der Waals surface area contributed by atoms with Gasteiger partial charge in [-0.05, 0) is 37.0 Å². The molecule has 4 nitrogen and oxygen atoms in total. The molecule has 0 spiro atoms. The number of imidazole rings is 1. The second-order valence-electron chi connectivity index (χ2n) is 5.35. The summed E-state index contributed by atoms with van der Waals surface area (Å²) in [6, 6.07) is 6.00. The van der Waals surface area contributed by atoms with E-state index in [9.17, 15) is 4.79 Å². The lowest BCUT2D eigenvalue weighted by molar-refractivity contribution is -0.136. The van der Waals surface area contributed by atoms with Crippen molar-refractivity contribution in [3.63, 3.8) is 0 Å². The lowest BCUT2D eigenvalue weighted by Gasteiger charge is -2.02. The maximum atomic E-state index is 10.6. The fourth-order valence-electron chi connectivity index (χ4n) is 2.88. The van der Waals surface area contributed by atoms with Crippen LogP contribution in [0.15, 0.2) is 18.2 Å². The Kier molecular flexibility index (Phi) is 3.23. The number of nitrogens with zero attached hydrogens (tertiary/aromatic N) is 1. The predicted molar refractivity (Wildman–Crippen MR) is 73.3 cm³/mol. The second kappa shape index (κ2) is 5.03. The Morgan fingerprint density at radius 2 is 2.16 bits per heavy atom. The van der Waals surface area contributed by atoms with E-state index < -0.39 is 5.97 Å². The molecule has 1 aromatic carbocycles. The standard InChI is InChI=1S/C15H18N2O2/c18-14(19)8-6-10-5-7-12-13(9-10)17-15(16-12)11-3-1-2-4-11/h5,7,9,11H,1-4,6,8H2,(H,16,17)(H,18,19). The number of H-pyrrole nitrogens is 1. The van der Waals surface area contributed by atoms with Crippen LogP contribution in [-0.2, 0) is 11.2 Å². The molecule has 1 aliphatic rings. The summed E-state index contributed by atoms with van der Waals surface area (Å²) in [4.78, 5) is 18.7. The molecule has 2 N–H and O–H groups in total. The Bertz CT molecular complexity index is 597. The van der Waals surface area contributed by atoms with Gasteiger partial charge in [0.05, 0.1) is 11.0 Å². The average Bonchev–Trinajstić information content (AvgIpc) is 3.04. The summed E-state index contributed by atoms with van der Waals surface area (Å²) in [5.41, 5.74) is 3.07. The highest BCUT2D eigenvalue weighted by Gasteiger charge is 2.20. The zero-order valence-electron chi connectivity index (χ0n) is 10.9. The van der Waals surface area contributed by atoms with Gasteiger partial charge in [-0.2, -0.15) is 0 Å². The van der Waals surface area contributed by atoms with Gasteiger partial charge in [-0.25, -0.2) is 4.98 Å². The van der Waals surface area contributed by atoms with E-state index in [2.05, 4.69) is 9.97 Å². The van der Waals surface area contributed by atoms with Crippen molar-refractivity contribution in [2.75, 3.05) is 0 Å². The van der Waals surface area contributed by atoms with E-state index in [0.717, 1.165) is 22.4 Å². The molecule has 0 atom stereocenters. The number of carboxylic acid groups (broad SMARTS) is 1. The summed E-state index contributed by atoms with van der Waals surface area (Å²) in [5.74, 6) is 0.925. The van der Waals surface area contributed by atoms with Crippen LogP contribution in [0.1, 0.15) is 49.4 Å². The maximum absolute atomic E-state index is 10.6. The SMILES string of the molecule is O=C(O)CCc1ccc2nc(C3CCCC3)[nH]c2c1. The van der Waals surface area contributed by atoms with Crippen molar-refractivity contribution < 1.29 is 9.90 Å². The number of aliphatic carboxylic acids is 1. The van der Waals surface area contributed by atoms with Gasteiger partial charge in [0.15, 0.2) is 0 Å². The van der Waals surface area contributed by atoms with Gasteiger partial charge < -0.3 is 10.1 Å². The van der Waals surface area contributed by atoms with Crippen LogP contribution in [-0.4, -0.2) is 21.0 Å². The number of rotatable bonds is 4. The molecule has 100 valence electrons. The summed E-state index contributed by atoms with van der Waals surface area (Å²) in [6.07, 6.45) is 5.80. The lowest BCUT2D eigenvalue weighted by Crippen LogP contribution is -1.97. The third-order valence-electron chi connectivity index (χ3n) is 3.93. The first-order valence-corrected chi connectivity index (χ1v) is 6.93. The number of fused-ring (bicyclic) bond motifs is 1. The van der Waals surface area contributed by atoms with Crippen LogP contribution in [0.25, 0.3) is 11.0 Å². The molecule has 1 saturated carbocycles. The Morgan fingerprint density at radius 3 is 2.89 bits per heavy atom. The molecule has 0 unspecified atom stereocenters. The van der Waals surface area contributed by atoms with Gasteiger partial charge in [0.1, 0.15) is 5.82 Å². The van der Waals surface area contributed by atoms with E-state index in [1.165, 1.54) is 25.7 Å². The normalized spacial score (nSPS) is 16.2. The van der Waals surface area contributed by atoms with Gasteiger partial charge in [0.2, 0.25) is 0 Å². The average molecular weight is 258 g/mol. The summed E-state index contributed by atoms with van der Waals surface area (Å²) < 4.78 is 0. The number of benzene rings is 1. The third kappa shape index (κ3) is 2.62. The zero-order chi connectivity index (χ0) is 13.2. The van der Waals surface area contributed by atoms with E-state index in [-0.39, 0.29) is 6.42 Å². The monoisotopic (exact) mass is 258 g/mol. The first-order valence-electron chi connectivity index (χ1n) is 6.93. The highest BCUT2D eigenvalue weighted by atomic mass is 16.4. The van der Waals surface area contributed by atoms with Crippen LogP contribution < -0.4 is 0 Å². The van der Waals surface area contributed by atoms with Crippen LogP contribution >= 0.6 is 0 Å². The van der Waals surface area contributed by atoms with Gasteiger partial charge in [0.25, 0.3) is 0 Å². The molecule has 0 saturated heterocycles. The molecule has 2 aromatic rings. The summed E-state index contributed by atoms with van der Waals surface area (Å²) in [5, 5.41) is 8.72. The Hall–Kier alpha value is -1.84. The quantitative estimate of drug-likeness (QED) is 0.884. The smallest absolute Gasteiger partial charge is 0.303 e. The number of aromatic amines is 1. The molecule has 0 bridgehead atoms. The Labute approximate surface area is 111 Å². The zero-order valence-corrected chi connectivity index (χ0v) is 10.9. The second-order valence-corrected chi connectivity index (χ2v) is 5.35. The molecule has 0 amide bonds. The van der Waals surface area contributed by atoms with E-state index in [0.29, 0.717) is 12.3 Å². The first kappa shape index (κ1) is 12.2. The van der Waals surface area contributed by atoms with Gasteiger partial charge in [-0.15, -0.1) is 0 Å².